The van der Waals surface area contributed by atoms with Crippen molar-refractivity contribution in [1.82, 2.24) is 10.3 Å². The lowest BCUT2D eigenvalue weighted by atomic mass is 9.86. The van der Waals surface area contributed by atoms with Crippen molar-refractivity contribution in [3.63, 3.8) is 0 Å². The van der Waals surface area contributed by atoms with E-state index in [4.69, 9.17) is 11.6 Å². The number of rotatable bonds is 3. The van der Waals surface area contributed by atoms with E-state index in [-0.39, 0.29) is 23.8 Å². The van der Waals surface area contributed by atoms with Crippen LogP contribution in [0.3, 0.4) is 0 Å². The summed E-state index contributed by atoms with van der Waals surface area (Å²) < 4.78 is 0. The number of nitrogens with one attached hydrogen (secondary N) is 2. The molecular weight excluding hydrogens is 328 g/mol. The monoisotopic (exact) mass is 344 g/mol. The molecule has 1 amide bonds. The van der Waals surface area contributed by atoms with Crippen molar-refractivity contribution in [2.24, 2.45) is 5.92 Å². The molecule has 1 aromatic carbocycles. The number of aromatic nitrogens is 1. The van der Waals surface area contributed by atoms with Crippen molar-refractivity contribution in [3.8, 4) is 0 Å². The molecule has 0 saturated carbocycles. The Labute approximate surface area is 144 Å². The third-order valence-electron chi connectivity index (χ3n) is 4.15. The van der Waals surface area contributed by atoms with E-state index in [9.17, 15) is 14.4 Å². The highest BCUT2D eigenvalue weighted by atomic mass is 35.5. The smallest absolute Gasteiger partial charge is 0.261 e. The second-order valence-corrected chi connectivity index (χ2v) is 6.52. The molecule has 0 fully saturated rings. The first-order valence-corrected chi connectivity index (χ1v) is 8.14. The lowest BCUT2D eigenvalue weighted by Gasteiger charge is -2.20. The van der Waals surface area contributed by atoms with Gasteiger partial charge >= 0.3 is 0 Å². The molecule has 1 unspecified atom stereocenters. The van der Waals surface area contributed by atoms with Gasteiger partial charge < -0.3 is 10.3 Å². The summed E-state index contributed by atoms with van der Waals surface area (Å²) in [5, 5.41) is 3.22. The van der Waals surface area contributed by atoms with Crippen molar-refractivity contribution >= 4 is 23.3 Å². The van der Waals surface area contributed by atoms with Crippen LogP contribution in [0.4, 0.5) is 0 Å². The van der Waals surface area contributed by atoms with Gasteiger partial charge in [0, 0.05) is 29.2 Å². The van der Waals surface area contributed by atoms with Gasteiger partial charge in [-0.25, -0.2) is 0 Å². The second kappa shape index (κ2) is 6.61. The van der Waals surface area contributed by atoms with Crippen LogP contribution in [0, 0.1) is 5.92 Å². The summed E-state index contributed by atoms with van der Waals surface area (Å²) in [5.74, 6) is -0.369. The van der Waals surface area contributed by atoms with Gasteiger partial charge in [-0.2, -0.15) is 0 Å². The highest BCUT2D eigenvalue weighted by Crippen LogP contribution is 2.23. The Morgan fingerprint density at radius 2 is 2.04 bits per heavy atom. The van der Waals surface area contributed by atoms with E-state index in [1.54, 1.807) is 18.2 Å². The number of hydrogen-bond acceptors (Lipinski definition) is 3. The van der Waals surface area contributed by atoms with Crippen LogP contribution in [-0.2, 0) is 13.0 Å². The van der Waals surface area contributed by atoms with Gasteiger partial charge in [-0.15, -0.1) is 0 Å². The molecule has 0 saturated heterocycles. The van der Waals surface area contributed by atoms with E-state index in [0.717, 1.165) is 5.56 Å². The van der Waals surface area contributed by atoms with Gasteiger partial charge in [0.05, 0.1) is 0 Å². The number of H-pyrrole nitrogens is 1. The van der Waals surface area contributed by atoms with Crippen LogP contribution in [0.1, 0.15) is 45.3 Å². The number of benzene rings is 1. The van der Waals surface area contributed by atoms with Gasteiger partial charge in [-0.05, 0) is 30.0 Å². The van der Waals surface area contributed by atoms with E-state index < -0.39 is 11.5 Å². The summed E-state index contributed by atoms with van der Waals surface area (Å²) in [5.41, 5.74) is 1.28. The van der Waals surface area contributed by atoms with Crippen LogP contribution in [0.15, 0.2) is 35.1 Å². The van der Waals surface area contributed by atoms with Crippen molar-refractivity contribution < 1.29 is 9.59 Å². The third kappa shape index (κ3) is 3.26. The predicted molar refractivity (Wildman–Crippen MR) is 91.5 cm³/mol. The fraction of sp³-hybridized carbons (Fsp3) is 0.278. The van der Waals surface area contributed by atoms with Crippen molar-refractivity contribution in [2.75, 3.05) is 0 Å². The lowest BCUT2D eigenvalue weighted by molar-refractivity contribution is 0.0949. The Hall–Kier alpha value is -2.40. The molecule has 24 heavy (non-hydrogen) atoms. The molecule has 1 aromatic heterocycles. The van der Waals surface area contributed by atoms with Crippen molar-refractivity contribution in [2.45, 2.75) is 26.3 Å². The van der Waals surface area contributed by atoms with Gasteiger partial charge in [-0.1, -0.05) is 36.7 Å². The molecule has 0 aliphatic heterocycles. The number of pyridine rings is 1. The van der Waals surface area contributed by atoms with Crippen LogP contribution in [-0.4, -0.2) is 16.7 Å². The number of aromatic amines is 1. The highest BCUT2D eigenvalue weighted by molar-refractivity contribution is 6.31. The fourth-order valence-corrected chi connectivity index (χ4v) is 3.11. The Morgan fingerprint density at radius 1 is 1.29 bits per heavy atom. The van der Waals surface area contributed by atoms with Crippen LogP contribution >= 0.6 is 11.6 Å². The number of amides is 1. The minimum absolute atomic E-state index is 0.0415. The minimum atomic E-state index is -0.523. The molecular formula is C18H17ClN2O3. The quantitative estimate of drug-likeness (QED) is 0.898. The summed E-state index contributed by atoms with van der Waals surface area (Å²) in [6.07, 6.45) is 1.07. The molecule has 1 atom stereocenters. The zero-order valence-electron chi connectivity index (χ0n) is 13.2. The normalized spacial score (nSPS) is 16.6. The number of carbonyl (C=O) groups is 2. The number of fused-ring (bicyclic) bond motifs is 1. The second-order valence-electron chi connectivity index (χ2n) is 6.12. The maximum absolute atomic E-state index is 12.3. The number of Topliss-reactive ketones (excluding diaryl/α,β-unsaturated/α-hetero) is 1. The van der Waals surface area contributed by atoms with Crippen LogP contribution in [0.5, 0.6) is 0 Å². The zero-order chi connectivity index (χ0) is 17.3. The first kappa shape index (κ1) is 16.5. The molecule has 2 N–H and O–H groups in total. The average Bonchev–Trinajstić information content (AvgIpc) is 2.53. The molecule has 124 valence electrons. The number of carbonyl (C=O) groups excluding carboxylic acids is 2. The van der Waals surface area contributed by atoms with Crippen LogP contribution < -0.4 is 10.9 Å². The molecule has 6 heteroatoms. The van der Waals surface area contributed by atoms with E-state index in [0.29, 0.717) is 29.1 Å². The minimum Gasteiger partial charge on any atom is -0.348 e. The maximum Gasteiger partial charge on any atom is 0.261 e. The number of halogens is 1. The summed E-state index contributed by atoms with van der Waals surface area (Å²) in [6, 6.07) is 8.55. The lowest BCUT2D eigenvalue weighted by Crippen LogP contribution is -2.32. The standard InChI is InChI=1S/C18H17ClN2O3/c1-10-6-15-12(16(22)7-10)8-13(18(24)21-15)17(23)20-9-11-4-2-3-5-14(11)19/h2-5,8,10H,6-7,9H2,1H3,(H,20,23)(H,21,24). The van der Waals surface area contributed by atoms with E-state index in [1.807, 2.05) is 13.0 Å². The van der Waals surface area contributed by atoms with Crippen LogP contribution in [0.25, 0.3) is 0 Å². The average molecular weight is 345 g/mol. The van der Waals surface area contributed by atoms with Gasteiger partial charge in [0.15, 0.2) is 5.78 Å². The first-order valence-electron chi connectivity index (χ1n) is 7.76. The Kier molecular flexibility index (Phi) is 4.53. The van der Waals surface area contributed by atoms with Crippen molar-refractivity contribution in [3.05, 3.63) is 68.1 Å². The molecule has 1 heterocycles. The zero-order valence-corrected chi connectivity index (χ0v) is 13.9. The molecule has 3 rings (SSSR count). The Balaban J connectivity index is 1.83. The molecule has 0 radical (unpaired) electrons. The predicted octanol–water partition coefficient (Wildman–Crippen LogP) is 2.72. The Morgan fingerprint density at radius 3 is 2.79 bits per heavy atom. The Bertz CT molecular complexity index is 873. The van der Waals surface area contributed by atoms with Gasteiger partial charge in [-0.3, -0.25) is 14.4 Å². The molecule has 5 nitrogen and oxygen atoms in total. The summed E-state index contributed by atoms with van der Waals surface area (Å²) in [4.78, 5) is 39.3. The third-order valence-corrected chi connectivity index (χ3v) is 4.52. The first-order chi connectivity index (χ1) is 11.5. The van der Waals surface area contributed by atoms with E-state index >= 15 is 0 Å². The number of ketones is 1. The topological polar surface area (TPSA) is 79.0 Å². The van der Waals surface area contributed by atoms with E-state index in [2.05, 4.69) is 10.3 Å². The summed E-state index contributed by atoms with van der Waals surface area (Å²) in [6.45, 7) is 2.17. The van der Waals surface area contributed by atoms with Gasteiger partial charge in [0.1, 0.15) is 5.56 Å². The SMILES string of the molecule is CC1CC(=O)c2cc(C(=O)NCc3ccccc3Cl)c(=O)[nH]c2C1. The molecule has 2 aromatic rings. The maximum atomic E-state index is 12.3. The molecule has 1 aliphatic carbocycles. The largest absolute Gasteiger partial charge is 0.348 e. The number of hydrogen-bond donors (Lipinski definition) is 2. The molecule has 0 spiro atoms. The highest BCUT2D eigenvalue weighted by Gasteiger charge is 2.25. The summed E-state index contributed by atoms with van der Waals surface area (Å²) in [7, 11) is 0. The van der Waals surface area contributed by atoms with Gasteiger partial charge in [0.25, 0.3) is 11.5 Å². The van der Waals surface area contributed by atoms with Crippen molar-refractivity contribution in [1.29, 1.82) is 0 Å². The molecule has 1 aliphatic rings. The van der Waals surface area contributed by atoms with Gasteiger partial charge in [0.2, 0.25) is 0 Å². The van der Waals surface area contributed by atoms with Crippen LogP contribution in [0.2, 0.25) is 5.02 Å². The molecule has 0 bridgehead atoms. The fourth-order valence-electron chi connectivity index (χ4n) is 2.91. The van der Waals surface area contributed by atoms with E-state index in [1.165, 1.54) is 6.07 Å². The summed E-state index contributed by atoms with van der Waals surface area (Å²) >= 11 is 6.05.